The second-order valence-corrected chi connectivity index (χ2v) is 9.57. The molecule has 1 aliphatic rings. The van der Waals surface area contributed by atoms with Crippen LogP contribution in [0.15, 0.2) is 60.7 Å². The summed E-state index contributed by atoms with van der Waals surface area (Å²) in [5, 5.41) is 2.57. The Morgan fingerprint density at radius 2 is 1.47 bits per heavy atom. The molecule has 0 spiro atoms. The minimum atomic E-state index is -4.12. The highest BCUT2D eigenvalue weighted by molar-refractivity contribution is 7.86. The number of hydrogen-bond acceptors (Lipinski definition) is 10. The number of ether oxygens (including phenoxy) is 4. The summed E-state index contributed by atoms with van der Waals surface area (Å²) in [6, 6.07) is 15.0. The highest BCUT2D eigenvalue weighted by Gasteiger charge is 2.51. The molecule has 0 radical (unpaired) electrons. The molecular formula is C24H27NO10S. The van der Waals surface area contributed by atoms with Crippen LogP contribution in [0.5, 0.6) is 0 Å². The van der Waals surface area contributed by atoms with E-state index < -0.39 is 65.2 Å². The molecule has 0 aromatic heterocycles. The molecule has 1 amide bonds. The van der Waals surface area contributed by atoms with Crippen LogP contribution < -0.4 is 5.32 Å². The standard InChI is InChI=1S/C24H27NO10S/c1-15(26)25-19-21(34-23(28)17-12-8-5-9-13-17)20(35-36(3,29)30)18(33-24(19)31-2)14-32-22(27)16-10-6-4-7-11-16/h4-13,18-21,24H,14H2,1-3H3,(H,25,26)/t18-,19-,20-,21+,24+/m1/s1. The average Bonchev–Trinajstić information content (AvgIpc) is 2.85. The Kier molecular flexibility index (Phi) is 9.15. The van der Waals surface area contributed by atoms with E-state index in [1.807, 2.05) is 0 Å². The van der Waals surface area contributed by atoms with Crippen molar-refractivity contribution in [1.29, 1.82) is 0 Å². The molecule has 1 N–H and O–H groups in total. The Morgan fingerprint density at radius 1 is 0.917 bits per heavy atom. The minimum absolute atomic E-state index is 0.185. The molecule has 3 rings (SSSR count). The van der Waals surface area contributed by atoms with Crippen LogP contribution in [0.4, 0.5) is 0 Å². The van der Waals surface area contributed by atoms with E-state index in [0.29, 0.717) is 0 Å². The Balaban J connectivity index is 1.93. The van der Waals surface area contributed by atoms with Crippen LogP contribution >= 0.6 is 0 Å². The van der Waals surface area contributed by atoms with Crippen LogP contribution in [0.2, 0.25) is 0 Å². The average molecular weight is 522 g/mol. The molecule has 1 fully saturated rings. The number of nitrogens with one attached hydrogen (secondary N) is 1. The first-order valence-electron chi connectivity index (χ1n) is 10.9. The Bertz CT molecular complexity index is 1160. The fraction of sp³-hybridized carbons (Fsp3) is 0.375. The van der Waals surface area contributed by atoms with Crippen molar-refractivity contribution in [3.8, 4) is 0 Å². The van der Waals surface area contributed by atoms with Gasteiger partial charge in [0.1, 0.15) is 24.9 Å². The van der Waals surface area contributed by atoms with E-state index in [1.54, 1.807) is 48.5 Å². The molecule has 1 heterocycles. The van der Waals surface area contributed by atoms with Crippen molar-refractivity contribution in [1.82, 2.24) is 5.32 Å². The number of hydrogen-bond donors (Lipinski definition) is 1. The molecule has 0 bridgehead atoms. The van der Waals surface area contributed by atoms with Gasteiger partial charge in [0.15, 0.2) is 12.4 Å². The van der Waals surface area contributed by atoms with Crippen LogP contribution in [-0.4, -0.2) is 76.9 Å². The lowest BCUT2D eigenvalue weighted by molar-refractivity contribution is -0.256. The maximum Gasteiger partial charge on any atom is 0.338 e. The van der Waals surface area contributed by atoms with Crippen LogP contribution in [0.1, 0.15) is 27.6 Å². The zero-order chi connectivity index (χ0) is 26.3. The zero-order valence-corrected chi connectivity index (χ0v) is 20.7. The largest absolute Gasteiger partial charge is 0.459 e. The SMILES string of the molecule is CO[C@H]1O[C@H](COC(=O)c2ccccc2)[C@@H](OS(C)(=O)=O)[C@@H](OC(=O)c2ccccc2)[C@H]1NC(C)=O. The minimum Gasteiger partial charge on any atom is -0.459 e. The normalized spacial score (nSPS) is 23.9. The molecule has 0 saturated carbocycles. The van der Waals surface area contributed by atoms with Crippen LogP contribution in [0, 0.1) is 0 Å². The number of rotatable bonds is 9. The maximum atomic E-state index is 12.9. The van der Waals surface area contributed by atoms with E-state index in [9.17, 15) is 22.8 Å². The third-order valence-electron chi connectivity index (χ3n) is 5.18. The molecule has 5 atom stereocenters. The molecule has 0 aliphatic carbocycles. The molecule has 12 heteroatoms. The van der Waals surface area contributed by atoms with Gasteiger partial charge < -0.3 is 24.3 Å². The van der Waals surface area contributed by atoms with E-state index in [1.165, 1.54) is 26.2 Å². The predicted octanol–water partition coefficient (Wildman–Crippen LogP) is 1.29. The molecule has 2 aromatic rings. The third kappa shape index (κ3) is 7.34. The molecule has 1 saturated heterocycles. The van der Waals surface area contributed by atoms with Gasteiger partial charge in [-0.2, -0.15) is 8.42 Å². The van der Waals surface area contributed by atoms with Gasteiger partial charge in [-0.25, -0.2) is 9.59 Å². The van der Waals surface area contributed by atoms with E-state index in [0.717, 1.165) is 6.26 Å². The fourth-order valence-corrected chi connectivity index (χ4v) is 4.30. The first-order valence-corrected chi connectivity index (χ1v) is 12.7. The summed E-state index contributed by atoms with van der Waals surface area (Å²) in [6.45, 7) is 0.767. The first-order chi connectivity index (χ1) is 17.1. The van der Waals surface area contributed by atoms with Crippen LogP contribution in [-0.2, 0) is 38.0 Å². The Hall–Kier alpha value is -3.32. The molecule has 0 unspecified atom stereocenters. The smallest absolute Gasteiger partial charge is 0.338 e. The van der Waals surface area contributed by atoms with Crippen molar-refractivity contribution in [2.75, 3.05) is 20.0 Å². The first kappa shape index (κ1) is 27.3. The van der Waals surface area contributed by atoms with E-state index in [2.05, 4.69) is 5.32 Å². The maximum absolute atomic E-state index is 12.9. The summed E-state index contributed by atoms with van der Waals surface area (Å²) >= 11 is 0. The van der Waals surface area contributed by atoms with Crippen LogP contribution in [0.3, 0.4) is 0 Å². The van der Waals surface area contributed by atoms with Gasteiger partial charge in [0.2, 0.25) is 5.91 Å². The van der Waals surface area contributed by atoms with Gasteiger partial charge in [0.05, 0.1) is 17.4 Å². The van der Waals surface area contributed by atoms with Crippen molar-refractivity contribution in [3.63, 3.8) is 0 Å². The lowest BCUT2D eigenvalue weighted by Gasteiger charge is -2.44. The van der Waals surface area contributed by atoms with Gasteiger partial charge in [-0.05, 0) is 24.3 Å². The number of benzene rings is 2. The number of methoxy groups -OCH3 is 1. The highest BCUT2D eigenvalue weighted by Crippen LogP contribution is 2.29. The monoisotopic (exact) mass is 521 g/mol. The van der Waals surface area contributed by atoms with E-state index in [-0.39, 0.29) is 11.1 Å². The summed E-state index contributed by atoms with van der Waals surface area (Å²) in [5.74, 6) is -2.00. The van der Waals surface area contributed by atoms with Gasteiger partial charge in [-0.3, -0.25) is 8.98 Å². The van der Waals surface area contributed by atoms with Crippen molar-refractivity contribution in [2.45, 2.75) is 37.6 Å². The molecule has 2 aromatic carbocycles. The summed E-state index contributed by atoms with van der Waals surface area (Å²) in [6.07, 6.45) is -4.50. The van der Waals surface area contributed by atoms with Crippen molar-refractivity contribution < 1.29 is 45.9 Å². The zero-order valence-electron chi connectivity index (χ0n) is 19.9. The van der Waals surface area contributed by atoms with E-state index in [4.69, 9.17) is 23.1 Å². The molecule has 36 heavy (non-hydrogen) atoms. The van der Waals surface area contributed by atoms with Crippen molar-refractivity contribution in [2.24, 2.45) is 0 Å². The van der Waals surface area contributed by atoms with Crippen LogP contribution in [0.25, 0.3) is 0 Å². The number of amides is 1. The predicted molar refractivity (Wildman–Crippen MR) is 125 cm³/mol. The van der Waals surface area contributed by atoms with Gasteiger partial charge >= 0.3 is 11.9 Å². The second-order valence-electron chi connectivity index (χ2n) is 7.97. The van der Waals surface area contributed by atoms with Crippen molar-refractivity contribution >= 4 is 28.0 Å². The van der Waals surface area contributed by atoms with Gasteiger partial charge in [-0.1, -0.05) is 36.4 Å². The topological polar surface area (TPSA) is 144 Å². The molecule has 11 nitrogen and oxygen atoms in total. The summed E-state index contributed by atoms with van der Waals surface area (Å²) in [4.78, 5) is 37.3. The van der Waals surface area contributed by atoms with Crippen molar-refractivity contribution in [3.05, 3.63) is 71.8 Å². The summed E-state index contributed by atoms with van der Waals surface area (Å²) in [5.41, 5.74) is 0.449. The number of esters is 2. The Morgan fingerprint density at radius 3 is 1.97 bits per heavy atom. The number of carbonyl (C=O) groups excluding carboxylic acids is 3. The summed E-state index contributed by atoms with van der Waals surface area (Å²) in [7, 11) is -2.83. The highest BCUT2D eigenvalue weighted by atomic mass is 32.2. The quantitative estimate of drug-likeness (QED) is 0.379. The molecular weight excluding hydrogens is 494 g/mol. The van der Waals surface area contributed by atoms with E-state index >= 15 is 0 Å². The number of carbonyl (C=O) groups is 3. The molecule has 1 aliphatic heterocycles. The Labute approximate surface area is 208 Å². The third-order valence-corrected chi connectivity index (χ3v) is 5.75. The summed E-state index contributed by atoms with van der Waals surface area (Å²) < 4.78 is 51.7. The van der Waals surface area contributed by atoms with Gasteiger partial charge in [0.25, 0.3) is 10.1 Å². The molecule has 194 valence electrons. The van der Waals surface area contributed by atoms with Gasteiger partial charge in [-0.15, -0.1) is 0 Å². The fourth-order valence-electron chi connectivity index (χ4n) is 3.67. The lowest BCUT2D eigenvalue weighted by atomic mass is 9.96. The van der Waals surface area contributed by atoms with Gasteiger partial charge in [0, 0.05) is 14.0 Å². The second kappa shape index (κ2) is 12.1. The lowest BCUT2D eigenvalue weighted by Crippen LogP contribution is -2.66.